The first-order valence-corrected chi connectivity index (χ1v) is 3.66. The molecule has 0 spiro atoms. The standard InChI is InChI=1S/C7H11N3O/c1-4-3-5(10-9-4)6-7(8-2)11-6/h3,6-8H,1-2H3,(H,9,10). The minimum atomic E-state index is 0.157. The Balaban J connectivity index is 2.08. The van der Waals surface area contributed by atoms with Gasteiger partial charge in [-0.2, -0.15) is 5.10 Å². The van der Waals surface area contributed by atoms with Crippen LogP contribution in [-0.4, -0.2) is 23.5 Å². The third-order valence-corrected chi connectivity index (χ3v) is 1.79. The number of likely N-dealkylation sites (N-methyl/N-ethyl adjacent to an activating group) is 1. The summed E-state index contributed by atoms with van der Waals surface area (Å²) in [5, 5.41) is 9.98. The Morgan fingerprint density at radius 3 is 3.00 bits per heavy atom. The molecule has 2 heterocycles. The summed E-state index contributed by atoms with van der Waals surface area (Å²) in [6, 6.07) is 2.00. The fraction of sp³-hybridized carbons (Fsp3) is 0.571. The maximum absolute atomic E-state index is 5.27. The van der Waals surface area contributed by atoms with Crippen molar-refractivity contribution >= 4 is 0 Å². The Bertz CT molecular complexity index is 258. The SMILES string of the molecule is CNC1OC1c1cc(C)[nH]n1. The Labute approximate surface area is 64.9 Å². The van der Waals surface area contributed by atoms with Gasteiger partial charge in [0.25, 0.3) is 0 Å². The molecule has 1 aliphatic heterocycles. The molecule has 1 aromatic rings. The largest absolute Gasteiger partial charge is 0.346 e. The van der Waals surface area contributed by atoms with E-state index in [4.69, 9.17) is 4.74 Å². The quantitative estimate of drug-likeness (QED) is 0.602. The summed E-state index contributed by atoms with van der Waals surface area (Å²) in [6.45, 7) is 1.98. The molecule has 1 fully saturated rings. The number of aromatic nitrogens is 2. The highest BCUT2D eigenvalue weighted by atomic mass is 16.6. The number of aromatic amines is 1. The van der Waals surface area contributed by atoms with Gasteiger partial charge in [-0.3, -0.25) is 10.4 Å². The van der Waals surface area contributed by atoms with E-state index in [0.717, 1.165) is 11.4 Å². The lowest BCUT2D eigenvalue weighted by molar-refractivity contribution is 0.354. The predicted molar refractivity (Wildman–Crippen MR) is 40.0 cm³/mol. The van der Waals surface area contributed by atoms with Crippen molar-refractivity contribution < 1.29 is 4.74 Å². The average Bonchev–Trinajstić information content (AvgIpc) is 2.68. The van der Waals surface area contributed by atoms with E-state index in [-0.39, 0.29) is 12.3 Å². The van der Waals surface area contributed by atoms with Crippen molar-refractivity contribution in [2.24, 2.45) is 0 Å². The summed E-state index contributed by atoms with van der Waals surface area (Å²) in [6.07, 6.45) is 0.322. The monoisotopic (exact) mass is 153 g/mol. The van der Waals surface area contributed by atoms with E-state index in [2.05, 4.69) is 15.5 Å². The molecule has 2 N–H and O–H groups in total. The topological polar surface area (TPSA) is 53.2 Å². The summed E-state index contributed by atoms with van der Waals surface area (Å²) in [5.41, 5.74) is 2.06. The summed E-state index contributed by atoms with van der Waals surface area (Å²) in [4.78, 5) is 0. The first-order valence-electron chi connectivity index (χ1n) is 3.66. The zero-order valence-electron chi connectivity index (χ0n) is 6.59. The fourth-order valence-electron chi connectivity index (χ4n) is 1.14. The van der Waals surface area contributed by atoms with E-state index in [9.17, 15) is 0 Å². The van der Waals surface area contributed by atoms with Crippen LogP contribution in [-0.2, 0) is 4.74 Å². The van der Waals surface area contributed by atoms with Crippen LogP contribution in [0, 0.1) is 6.92 Å². The van der Waals surface area contributed by atoms with Crippen molar-refractivity contribution in [3.05, 3.63) is 17.5 Å². The number of aryl methyl sites for hydroxylation is 1. The molecule has 0 amide bonds. The van der Waals surface area contributed by atoms with Crippen LogP contribution in [0.2, 0.25) is 0 Å². The van der Waals surface area contributed by atoms with Crippen LogP contribution in [0.3, 0.4) is 0 Å². The Morgan fingerprint density at radius 1 is 1.73 bits per heavy atom. The lowest BCUT2D eigenvalue weighted by atomic mass is 10.3. The number of H-pyrrole nitrogens is 1. The molecule has 1 aromatic heterocycles. The molecular weight excluding hydrogens is 142 g/mol. The zero-order valence-corrected chi connectivity index (χ0v) is 6.59. The van der Waals surface area contributed by atoms with Gasteiger partial charge in [-0.25, -0.2) is 0 Å². The second-order valence-corrected chi connectivity index (χ2v) is 2.74. The minimum absolute atomic E-state index is 0.157. The van der Waals surface area contributed by atoms with Gasteiger partial charge in [0.2, 0.25) is 0 Å². The summed E-state index contributed by atoms with van der Waals surface area (Å²) in [5.74, 6) is 0. The van der Waals surface area contributed by atoms with Crippen LogP contribution in [0.25, 0.3) is 0 Å². The normalized spacial score (nSPS) is 28.9. The lowest BCUT2D eigenvalue weighted by Crippen LogP contribution is -2.10. The first kappa shape index (κ1) is 6.82. The number of rotatable bonds is 2. The molecule has 1 saturated heterocycles. The van der Waals surface area contributed by atoms with Crippen molar-refractivity contribution in [1.82, 2.24) is 15.5 Å². The minimum Gasteiger partial charge on any atom is -0.346 e. The maximum Gasteiger partial charge on any atom is 0.143 e. The molecule has 0 aliphatic carbocycles. The van der Waals surface area contributed by atoms with Gasteiger partial charge in [-0.1, -0.05) is 0 Å². The van der Waals surface area contributed by atoms with Gasteiger partial charge in [-0.15, -0.1) is 0 Å². The van der Waals surface area contributed by atoms with E-state index in [0.29, 0.717) is 0 Å². The smallest absolute Gasteiger partial charge is 0.143 e. The molecule has 2 unspecified atom stereocenters. The van der Waals surface area contributed by atoms with E-state index in [1.54, 1.807) is 0 Å². The highest BCUT2D eigenvalue weighted by Gasteiger charge is 2.40. The number of hydrogen-bond donors (Lipinski definition) is 2. The number of epoxide rings is 1. The molecule has 2 rings (SSSR count). The van der Waals surface area contributed by atoms with Crippen molar-refractivity contribution in [2.45, 2.75) is 19.3 Å². The Kier molecular flexibility index (Phi) is 1.44. The predicted octanol–water partition coefficient (Wildman–Crippen LogP) is 0.335. The third kappa shape index (κ3) is 1.15. The molecule has 11 heavy (non-hydrogen) atoms. The van der Waals surface area contributed by atoms with Crippen LogP contribution in [0.15, 0.2) is 6.07 Å². The van der Waals surface area contributed by atoms with Crippen LogP contribution in [0.1, 0.15) is 17.5 Å². The van der Waals surface area contributed by atoms with Gasteiger partial charge in [0, 0.05) is 5.69 Å². The maximum atomic E-state index is 5.27. The molecule has 1 aliphatic rings. The molecule has 0 saturated carbocycles. The van der Waals surface area contributed by atoms with Gasteiger partial charge >= 0.3 is 0 Å². The van der Waals surface area contributed by atoms with Gasteiger partial charge in [0.15, 0.2) is 0 Å². The molecule has 4 heteroatoms. The number of nitrogens with zero attached hydrogens (tertiary/aromatic N) is 1. The summed E-state index contributed by atoms with van der Waals surface area (Å²) >= 11 is 0. The summed E-state index contributed by atoms with van der Waals surface area (Å²) < 4.78 is 5.27. The van der Waals surface area contributed by atoms with E-state index >= 15 is 0 Å². The van der Waals surface area contributed by atoms with Gasteiger partial charge in [0.1, 0.15) is 12.3 Å². The molecular formula is C7H11N3O. The molecule has 0 radical (unpaired) electrons. The van der Waals surface area contributed by atoms with E-state index in [1.807, 2.05) is 20.0 Å². The highest BCUT2D eigenvalue weighted by Crippen LogP contribution is 2.35. The molecule has 2 atom stereocenters. The van der Waals surface area contributed by atoms with Crippen molar-refractivity contribution in [2.75, 3.05) is 7.05 Å². The van der Waals surface area contributed by atoms with Gasteiger partial charge in [-0.05, 0) is 20.0 Å². The summed E-state index contributed by atoms with van der Waals surface area (Å²) in [7, 11) is 1.88. The van der Waals surface area contributed by atoms with Crippen LogP contribution in [0.5, 0.6) is 0 Å². The number of nitrogens with one attached hydrogen (secondary N) is 2. The van der Waals surface area contributed by atoms with E-state index < -0.39 is 0 Å². The molecule has 60 valence electrons. The van der Waals surface area contributed by atoms with Gasteiger partial charge in [0.05, 0.1) is 5.69 Å². The van der Waals surface area contributed by atoms with Crippen LogP contribution >= 0.6 is 0 Å². The van der Waals surface area contributed by atoms with Crippen LogP contribution < -0.4 is 5.32 Å². The molecule has 0 bridgehead atoms. The molecule has 0 aromatic carbocycles. The lowest BCUT2D eigenvalue weighted by Gasteiger charge is -1.84. The first-order chi connectivity index (χ1) is 5.31. The fourth-order valence-corrected chi connectivity index (χ4v) is 1.14. The van der Waals surface area contributed by atoms with Crippen molar-refractivity contribution in [3.8, 4) is 0 Å². The van der Waals surface area contributed by atoms with Gasteiger partial charge < -0.3 is 4.74 Å². The zero-order chi connectivity index (χ0) is 7.84. The van der Waals surface area contributed by atoms with E-state index in [1.165, 1.54) is 0 Å². The molecule has 4 nitrogen and oxygen atoms in total. The third-order valence-electron chi connectivity index (χ3n) is 1.79. The number of ether oxygens (including phenoxy) is 1. The second kappa shape index (κ2) is 2.32. The Hall–Kier alpha value is -0.870. The van der Waals surface area contributed by atoms with Crippen LogP contribution in [0.4, 0.5) is 0 Å². The average molecular weight is 153 g/mol. The van der Waals surface area contributed by atoms with Crippen molar-refractivity contribution in [1.29, 1.82) is 0 Å². The Morgan fingerprint density at radius 2 is 2.55 bits per heavy atom. The number of hydrogen-bond acceptors (Lipinski definition) is 3. The second-order valence-electron chi connectivity index (χ2n) is 2.74. The highest BCUT2D eigenvalue weighted by molar-refractivity contribution is 5.14. The van der Waals surface area contributed by atoms with Crippen molar-refractivity contribution in [3.63, 3.8) is 0 Å².